The summed E-state index contributed by atoms with van der Waals surface area (Å²) in [7, 11) is 0. The molecule has 0 heterocycles. The maximum Gasteiger partial charge on any atom is 0.326 e. The number of aliphatic carboxylic acids is 1. The van der Waals surface area contributed by atoms with Gasteiger partial charge in [-0.15, -0.1) is 11.8 Å². The number of carboxylic acid groups (broad SMARTS) is 1. The van der Waals surface area contributed by atoms with Gasteiger partial charge in [-0.3, -0.25) is 4.79 Å². The van der Waals surface area contributed by atoms with Gasteiger partial charge in [-0.25, -0.2) is 9.18 Å². The Hall–Kier alpha value is -1.56. The lowest BCUT2D eigenvalue weighted by atomic mass is 10.1. The molecule has 1 aromatic carbocycles. The van der Waals surface area contributed by atoms with Crippen molar-refractivity contribution in [2.45, 2.75) is 37.1 Å². The van der Waals surface area contributed by atoms with Gasteiger partial charge in [0.05, 0.1) is 0 Å². The molecule has 2 N–H and O–H groups in total. The molecular weight excluding hydrogens is 281 g/mol. The van der Waals surface area contributed by atoms with Gasteiger partial charge in [0, 0.05) is 17.1 Å². The number of carbonyl (C=O) groups is 2. The highest BCUT2D eigenvalue weighted by Gasteiger charge is 2.18. The molecule has 0 spiro atoms. The second-order valence-electron chi connectivity index (χ2n) is 4.30. The average molecular weight is 299 g/mol. The topological polar surface area (TPSA) is 66.4 Å². The standard InChI is InChI=1S/C14H18FNO3S/c1-2-3-12(14(18)19)16-13(17)8-9-20-11-6-4-10(15)5-7-11/h4-7,12H,2-3,8-9H2,1H3,(H,16,17)(H,18,19). The Morgan fingerprint density at radius 2 is 2.00 bits per heavy atom. The Labute approximate surface area is 121 Å². The van der Waals surface area contributed by atoms with E-state index in [9.17, 15) is 14.0 Å². The Morgan fingerprint density at radius 3 is 2.55 bits per heavy atom. The van der Waals surface area contributed by atoms with E-state index in [4.69, 9.17) is 5.11 Å². The molecule has 1 aromatic rings. The lowest BCUT2D eigenvalue weighted by Gasteiger charge is -2.13. The van der Waals surface area contributed by atoms with Crippen molar-refractivity contribution < 1.29 is 19.1 Å². The predicted molar refractivity (Wildman–Crippen MR) is 76.2 cm³/mol. The van der Waals surface area contributed by atoms with Crippen LogP contribution in [0, 0.1) is 5.82 Å². The van der Waals surface area contributed by atoms with Crippen LogP contribution in [0.1, 0.15) is 26.2 Å². The number of nitrogens with one attached hydrogen (secondary N) is 1. The molecule has 0 aliphatic carbocycles. The van der Waals surface area contributed by atoms with Crippen molar-refractivity contribution in [3.8, 4) is 0 Å². The highest BCUT2D eigenvalue weighted by atomic mass is 32.2. The van der Waals surface area contributed by atoms with Crippen molar-refractivity contribution in [1.29, 1.82) is 0 Å². The molecule has 20 heavy (non-hydrogen) atoms. The van der Waals surface area contributed by atoms with E-state index in [-0.39, 0.29) is 18.1 Å². The van der Waals surface area contributed by atoms with Crippen LogP contribution < -0.4 is 5.32 Å². The number of benzene rings is 1. The maximum absolute atomic E-state index is 12.7. The van der Waals surface area contributed by atoms with Gasteiger partial charge in [0.1, 0.15) is 11.9 Å². The molecule has 0 saturated heterocycles. The smallest absolute Gasteiger partial charge is 0.326 e. The highest BCUT2D eigenvalue weighted by Crippen LogP contribution is 2.18. The number of hydrogen-bond donors (Lipinski definition) is 2. The quantitative estimate of drug-likeness (QED) is 0.724. The number of carboxylic acids is 1. The van der Waals surface area contributed by atoms with Gasteiger partial charge in [0.2, 0.25) is 5.91 Å². The van der Waals surface area contributed by atoms with E-state index in [0.29, 0.717) is 18.6 Å². The fourth-order valence-corrected chi connectivity index (χ4v) is 2.46. The monoisotopic (exact) mass is 299 g/mol. The lowest BCUT2D eigenvalue weighted by molar-refractivity contribution is -0.142. The van der Waals surface area contributed by atoms with Gasteiger partial charge in [0.15, 0.2) is 0 Å². The Kier molecular flexibility index (Phi) is 7.08. The molecule has 1 rings (SSSR count). The van der Waals surface area contributed by atoms with E-state index in [0.717, 1.165) is 4.90 Å². The highest BCUT2D eigenvalue weighted by molar-refractivity contribution is 7.99. The van der Waals surface area contributed by atoms with Crippen LogP contribution in [0.25, 0.3) is 0 Å². The fourth-order valence-electron chi connectivity index (χ4n) is 1.60. The third-order valence-corrected chi connectivity index (χ3v) is 3.64. The van der Waals surface area contributed by atoms with Gasteiger partial charge in [-0.1, -0.05) is 13.3 Å². The molecular formula is C14H18FNO3S. The minimum atomic E-state index is -1.01. The van der Waals surface area contributed by atoms with Gasteiger partial charge in [-0.05, 0) is 30.7 Å². The molecule has 0 aliphatic heterocycles. The Morgan fingerprint density at radius 1 is 1.35 bits per heavy atom. The Balaban J connectivity index is 2.32. The molecule has 1 amide bonds. The van der Waals surface area contributed by atoms with Crippen molar-refractivity contribution in [1.82, 2.24) is 5.32 Å². The summed E-state index contributed by atoms with van der Waals surface area (Å²) >= 11 is 1.43. The first-order chi connectivity index (χ1) is 9.52. The Bertz CT molecular complexity index is 450. The van der Waals surface area contributed by atoms with Crippen molar-refractivity contribution >= 4 is 23.6 Å². The van der Waals surface area contributed by atoms with E-state index in [1.807, 2.05) is 6.92 Å². The van der Waals surface area contributed by atoms with Crippen LogP contribution in [-0.4, -0.2) is 28.8 Å². The van der Waals surface area contributed by atoms with Crippen molar-refractivity contribution in [3.05, 3.63) is 30.1 Å². The summed E-state index contributed by atoms with van der Waals surface area (Å²) in [5, 5.41) is 11.4. The summed E-state index contributed by atoms with van der Waals surface area (Å²) in [5.74, 6) is -1.06. The number of rotatable bonds is 8. The molecule has 6 heteroatoms. The van der Waals surface area contributed by atoms with Crippen LogP contribution in [0.5, 0.6) is 0 Å². The first kappa shape index (κ1) is 16.5. The summed E-state index contributed by atoms with van der Waals surface area (Å²) in [5.41, 5.74) is 0. The molecule has 4 nitrogen and oxygen atoms in total. The molecule has 0 bridgehead atoms. The largest absolute Gasteiger partial charge is 0.480 e. The lowest BCUT2D eigenvalue weighted by Crippen LogP contribution is -2.40. The van der Waals surface area contributed by atoms with Crippen LogP contribution in [0.15, 0.2) is 29.2 Å². The normalized spacial score (nSPS) is 11.9. The molecule has 0 fully saturated rings. The summed E-state index contributed by atoms with van der Waals surface area (Å²) in [6.07, 6.45) is 1.35. The van der Waals surface area contributed by atoms with Crippen LogP contribution in [0.3, 0.4) is 0 Å². The summed E-state index contributed by atoms with van der Waals surface area (Å²) in [6, 6.07) is 5.21. The summed E-state index contributed by atoms with van der Waals surface area (Å²) in [4.78, 5) is 23.4. The second-order valence-corrected chi connectivity index (χ2v) is 5.47. The van der Waals surface area contributed by atoms with Crippen molar-refractivity contribution in [2.75, 3.05) is 5.75 Å². The molecule has 1 unspecified atom stereocenters. The number of halogens is 1. The van der Waals surface area contributed by atoms with Crippen LogP contribution in [0.2, 0.25) is 0 Å². The maximum atomic E-state index is 12.7. The molecule has 0 radical (unpaired) electrons. The van der Waals surface area contributed by atoms with Gasteiger partial charge >= 0.3 is 5.97 Å². The third kappa shape index (κ3) is 6.06. The van der Waals surface area contributed by atoms with E-state index in [1.54, 1.807) is 12.1 Å². The second kappa shape index (κ2) is 8.58. The predicted octanol–water partition coefficient (Wildman–Crippen LogP) is 2.68. The number of carbonyl (C=O) groups excluding carboxylic acids is 1. The molecule has 0 aromatic heterocycles. The summed E-state index contributed by atoms with van der Waals surface area (Å²) < 4.78 is 12.7. The first-order valence-electron chi connectivity index (χ1n) is 6.43. The minimum absolute atomic E-state index is 0.232. The van der Waals surface area contributed by atoms with Crippen LogP contribution >= 0.6 is 11.8 Å². The molecule has 0 aliphatic rings. The van der Waals surface area contributed by atoms with E-state index >= 15 is 0 Å². The third-order valence-electron chi connectivity index (χ3n) is 2.62. The van der Waals surface area contributed by atoms with Crippen molar-refractivity contribution in [2.24, 2.45) is 0 Å². The van der Waals surface area contributed by atoms with Gasteiger partial charge in [0.25, 0.3) is 0 Å². The summed E-state index contributed by atoms with van der Waals surface area (Å²) in [6.45, 7) is 1.87. The number of hydrogen-bond acceptors (Lipinski definition) is 3. The first-order valence-corrected chi connectivity index (χ1v) is 7.42. The average Bonchev–Trinajstić information content (AvgIpc) is 2.40. The molecule has 0 saturated carbocycles. The van der Waals surface area contributed by atoms with Crippen LogP contribution in [-0.2, 0) is 9.59 Å². The van der Waals surface area contributed by atoms with E-state index in [2.05, 4.69) is 5.32 Å². The van der Waals surface area contributed by atoms with E-state index < -0.39 is 12.0 Å². The molecule has 110 valence electrons. The van der Waals surface area contributed by atoms with Crippen LogP contribution in [0.4, 0.5) is 4.39 Å². The minimum Gasteiger partial charge on any atom is -0.480 e. The fraction of sp³-hybridized carbons (Fsp3) is 0.429. The number of amides is 1. The van der Waals surface area contributed by atoms with E-state index in [1.165, 1.54) is 23.9 Å². The van der Waals surface area contributed by atoms with Gasteiger partial charge < -0.3 is 10.4 Å². The zero-order valence-electron chi connectivity index (χ0n) is 11.3. The van der Waals surface area contributed by atoms with Gasteiger partial charge in [-0.2, -0.15) is 0 Å². The SMILES string of the molecule is CCCC(NC(=O)CCSc1ccc(F)cc1)C(=O)O. The zero-order valence-corrected chi connectivity index (χ0v) is 12.1. The molecule has 1 atom stereocenters. The number of thioether (sulfide) groups is 1. The van der Waals surface area contributed by atoms with Crippen molar-refractivity contribution in [3.63, 3.8) is 0 Å². The zero-order chi connectivity index (χ0) is 15.0.